The molecule has 4 aromatic carbocycles. The Bertz CT molecular complexity index is 2290. The Morgan fingerprint density at radius 1 is 0.695 bits per heavy atom. The lowest BCUT2D eigenvalue weighted by molar-refractivity contribution is -0.0104. The third kappa shape index (κ3) is 9.52. The van der Waals surface area contributed by atoms with Gasteiger partial charge in [0.05, 0.1) is 34.6 Å². The van der Waals surface area contributed by atoms with E-state index in [1.165, 1.54) is 59.2 Å². The van der Waals surface area contributed by atoms with Gasteiger partial charge in [0.25, 0.3) is 6.36 Å². The van der Waals surface area contributed by atoms with E-state index in [9.17, 15) is 28.6 Å². The highest BCUT2D eigenvalue weighted by atomic mass is 32.2. The molecular formula is C48H50F2N2O5S2. The van der Waals surface area contributed by atoms with Crippen LogP contribution in [0.5, 0.6) is 17.2 Å². The molecule has 0 bridgehead atoms. The fourth-order valence-electron chi connectivity index (χ4n) is 7.94. The number of halogens is 2. The van der Waals surface area contributed by atoms with E-state index >= 15 is 0 Å². The molecule has 0 unspecified atom stereocenters. The van der Waals surface area contributed by atoms with Gasteiger partial charge in [0.2, 0.25) is 0 Å². The second kappa shape index (κ2) is 18.3. The molecule has 7 nitrogen and oxygen atoms in total. The molecule has 0 aliphatic heterocycles. The molecule has 5 aromatic rings. The SMILES string of the molecule is CCCCCC[C@H](F)[C@H](F)Oc1cnc(C2CCC(c3ccc(Sc4ccc(O)c5c4C(=O)c4c(O)ccc(Sc6ccc(C(C)(C)C)cc6)c4C5=O)cc3)CC2)nc1. The first-order valence-corrected chi connectivity index (χ1v) is 22.1. The smallest absolute Gasteiger partial charge is 0.269 e. The summed E-state index contributed by atoms with van der Waals surface area (Å²) in [6.07, 6.45) is 6.44. The van der Waals surface area contributed by atoms with Gasteiger partial charge in [0.1, 0.15) is 17.3 Å². The van der Waals surface area contributed by atoms with Crippen LogP contribution in [0.4, 0.5) is 8.78 Å². The van der Waals surface area contributed by atoms with Crippen LogP contribution in [0.1, 0.15) is 146 Å². The Hall–Kier alpha value is -4.74. The maximum atomic E-state index is 14.4. The van der Waals surface area contributed by atoms with Gasteiger partial charge in [-0.25, -0.2) is 14.4 Å². The number of nitrogens with zero attached hydrogens (tertiary/aromatic N) is 2. The zero-order valence-corrected chi connectivity index (χ0v) is 35.5. The Morgan fingerprint density at radius 3 is 1.71 bits per heavy atom. The van der Waals surface area contributed by atoms with E-state index in [0.717, 1.165) is 54.7 Å². The molecule has 11 heteroatoms. The summed E-state index contributed by atoms with van der Waals surface area (Å²) < 4.78 is 33.8. The van der Waals surface area contributed by atoms with Crippen molar-refractivity contribution in [3.8, 4) is 17.2 Å². The number of hydrogen-bond acceptors (Lipinski definition) is 9. The van der Waals surface area contributed by atoms with Gasteiger partial charge in [-0.3, -0.25) is 9.59 Å². The second-order valence-electron chi connectivity index (χ2n) is 16.5. The van der Waals surface area contributed by atoms with Crippen LogP contribution < -0.4 is 4.74 Å². The molecule has 59 heavy (non-hydrogen) atoms. The standard InChI is InChI=1S/C48H50F2N2O5S2/c1-5-6-7-8-9-35(49)46(50)57-32-26-51-47(52-27-32)30-12-10-28(11-13-30)29-14-18-33(19-15-29)58-38-24-22-36(53)40-42(38)44(55)41-37(54)23-25-39(43(41)45(40)56)59-34-20-16-31(17-21-34)48(2,3)4/h14-28,30,35,46,53-54H,5-13H2,1-4H3/t28?,30?,35-,46+/m0/s1. The average molecular weight is 837 g/mol. The van der Waals surface area contributed by atoms with Crippen molar-refractivity contribution in [2.45, 2.75) is 135 Å². The Kier molecular flexibility index (Phi) is 13.1. The molecular weight excluding hydrogens is 787 g/mol. The van der Waals surface area contributed by atoms with Crippen molar-refractivity contribution < 1.29 is 33.3 Å². The Morgan fingerprint density at radius 2 is 1.20 bits per heavy atom. The highest BCUT2D eigenvalue weighted by molar-refractivity contribution is 7.99. The fourth-order valence-corrected chi connectivity index (χ4v) is 9.86. The van der Waals surface area contributed by atoms with E-state index in [1.807, 2.05) is 36.4 Å². The number of alkyl halides is 2. The van der Waals surface area contributed by atoms with Crippen LogP contribution in [0, 0.1) is 0 Å². The summed E-state index contributed by atoms with van der Waals surface area (Å²) in [5.74, 6) is -0.289. The van der Waals surface area contributed by atoms with Gasteiger partial charge in [0.15, 0.2) is 23.5 Å². The monoisotopic (exact) mass is 836 g/mol. The third-order valence-electron chi connectivity index (χ3n) is 11.3. The maximum absolute atomic E-state index is 14.4. The molecule has 0 amide bonds. The van der Waals surface area contributed by atoms with E-state index in [4.69, 9.17) is 4.74 Å². The van der Waals surface area contributed by atoms with Crippen LogP contribution in [0.3, 0.4) is 0 Å². The number of benzene rings is 4. The first-order chi connectivity index (χ1) is 28.3. The number of hydrogen-bond donors (Lipinski definition) is 2. The maximum Gasteiger partial charge on any atom is 0.269 e. The minimum atomic E-state index is -2.04. The fraction of sp³-hybridized carbons (Fsp3) is 0.375. The number of ketones is 2. The van der Waals surface area contributed by atoms with Gasteiger partial charge in [-0.1, -0.05) is 101 Å². The van der Waals surface area contributed by atoms with E-state index in [0.29, 0.717) is 28.0 Å². The van der Waals surface area contributed by atoms with Crippen molar-refractivity contribution in [2.24, 2.45) is 0 Å². The molecule has 1 heterocycles. The van der Waals surface area contributed by atoms with Crippen molar-refractivity contribution in [3.05, 3.63) is 124 Å². The number of carbonyl (C=O) groups excluding carboxylic acids is 2. The number of aromatic nitrogens is 2. The highest BCUT2D eigenvalue weighted by Crippen LogP contribution is 2.47. The topological polar surface area (TPSA) is 110 Å². The van der Waals surface area contributed by atoms with Gasteiger partial charge in [-0.15, -0.1) is 0 Å². The van der Waals surface area contributed by atoms with Crippen LogP contribution in [0.25, 0.3) is 0 Å². The molecule has 1 aromatic heterocycles. The van der Waals surface area contributed by atoms with Crippen LogP contribution >= 0.6 is 23.5 Å². The molecule has 0 spiro atoms. The van der Waals surface area contributed by atoms with E-state index in [2.05, 4.69) is 49.8 Å². The largest absolute Gasteiger partial charge is 0.507 e. The van der Waals surface area contributed by atoms with E-state index < -0.39 is 24.1 Å². The van der Waals surface area contributed by atoms with Crippen LogP contribution in [-0.4, -0.2) is 44.3 Å². The summed E-state index contributed by atoms with van der Waals surface area (Å²) in [7, 11) is 0. The summed E-state index contributed by atoms with van der Waals surface area (Å²) in [5, 5.41) is 22.0. The first kappa shape index (κ1) is 42.4. The van der Waals surface area contributed by atoms with Crippen LogP contribution in [-0.2, 0) is 5.41 Å². The Labute approximate surface area is 353 Å². The van der Waals surface area contributed by atoms with Crippen molar-refractivity contribution in [2.75, 3.05) is 0 Å². The van der Waals surface area contributed by atoms with Crippen molar-refractivity contribution >= 4 is 35.1 Å². The van der Waals surface area contributed by atoms with Gasteiger partial charge >= 0.3 is 0 Å². The number of phenolic OH excluding ortho intramolecular Hbond substituents is 2. The lowest BCUT2D eigenvalue weighted by Gasteiger charge is -2.28. The van der Waals surface area contributed by atoms with E-state index in [-0.39, 0.29) is 57.3 Å². The van der Waals surface area contributed by atoms with Gasteiger partial charge < -0.3 is 14.9 Å². The minimum Gasteiger partial charge on any atom is -0.507 e. The zero-order chi connectivity index (χ0) is 41.8. The number of ether oxygens (including phenoxy) is 1. The predicted molar refractivity (Wildman–Crippen MR) is 228 cm³/mol. The number of phenols is 2. The predicted octanol–water partition coefficient (Wildman–Crippen LogP) is 12.7. The lowest BCUT2D eigenvalue weighted by atomic mass is 9.78. The molecule has 2 N–H and O–H groups in total. The number of unbranched alkanes of at least 4 members (excludes halogenated alkanes) is 3. The average Bonchev–Trinajstić information content (AvgIpc) is 3.23. The van der Waals surface area contributed by atoms with Crippen LogP contribution in [0.15, 0.2) is 105 Å². The summed E-state index contributed by atoms with van der Waals surface area (Å²) in [4.78, 5) is 40.1. The number of carbonyl (C=O) groups is 2. The van der Waals surface area contributed by atoms with Gasteiger partial charge in [-0.05, 0) is 103 Å². The van der Waals surface area contributed by atoms with Crippen molar-refractivity contribution in [1.82, 2.24) is 9.97 Å². The minimum absolute atomic E-state index is 0.0209. The second-order valence-corrected chi connectivity index (χ2v) is 18.8. The number of aromatic hydroxyl groups is 2. The molecule has 2 aliphatic carbocycles. The number of fused-ring (bicyclic) bond motifs is 2. The number of rotatable bonds is 14. The molecule has 7 rings (SSSR count). The van der Waals surface area contributed by atoms with E-state index in [1.54, 1.807) is 12.1 Å². The summed E-state index contributed by atoms with van der Waals surface area (Å²) in [6, 6.07) is 22.4. The van der Waals surface area contributed by atoms with Gasteiger partial charge in [-0.2, -0.15) is 4.39 Å². The quantitative estimate of drug-likeness (QED) is 0.104. The highest BCUT2D eigenvalue weighted by Gasteiger charge is 2.38. The lowest BCUT2D eigenvalue weighted by Crippen LogP contribution is -2.24. The normalized spacial score (nSPS) is 17.6. The third-order valence-corrected chi connectivity index (χ3v) is 13.5. The van der Waals surface area contributed by atoms with Crippen molar-refractivity contribution in [1.29, 1.82) is 0 Å². The summed E-state index contributed by atoms with van der Waals surface area (Å²) in [6.45, 7) is 8.49. The van der Waals surface area contributed by atoms with Crippen molar-refractivity contribution in [3.63, 3.8) is 0 Å². The molecule has 2 aliphatic rings. The molecule has 1 saturated carbocycles. The first-order valence-electron chi connectivity index (χ1n) is 20.5. The molecule has 1 fully saturated rings. The summed E-state index contributed by atoms with van der Waals surface area (Å²) in [5.41, 5.74) is 2.39. The molecule has 308 valence electrons. The molecule has 0 radical (unpaired) electrons. The molecule has 2 atom stereocenters. The summed E-state index contributed by atoms with van der Waals surface area (Å²) >= 11 is 2.67. The van der Waals surface area contributed by atoms with Crippen LogP contribution in [0.2, 0.25) is 0 Å². The Balaban J connectivity index is 0.993. The molecule has 0 saturated heterocycles. The zero-order valence-electron chi connectivity index (χ0n) is 33.8. The van der Waals surface area contributed by atoms with Gasteiger partial charge in [0, 0.05) is 25.5 Å².